The van der Waals surface area contributed by atoms with E-state index in [1.54, 1.807) is 23.6 Å². The standard InChI is InChI=1S/C23H24BrN5O2S/c1-4-12-32-23-27-22-25-14(2)19(21(30)26-17-10-5-6-11-18(17)31-3)20(29(22)28-23)15-8-7-9-16(24)13-15/h5-11,13,20H,4,12H2,1-3H3,(H,26,30)(H,25,27,28). The van der Waals surface area contributed by atoms with Crippen molar-refractivity contribution in [2.24, 2.45) is 0 Å². The molecule has 1 aliphatic rings. The SMILES string of the molecule is CCCSc1nc2n(n1)C(c1cccc(Br)c1)C(C(=O)Nc1ccccc1OC)=C(C)N2. The van der Waals surface area contributed by atoms with Gasteiger partial charge in [-0.05, 0) is 43.2 Å². The lowest BCUT2D eigenvalue weighted by Gasteiger charge is -2.29. The van der Waals surface area contributed by atoms with E-state index in [9.17, 15) is 4.79 Å². The van der Waals surface area contributed by atoms with Crippen molar-refractivity contribution < 1.29 is 9.53 Å². The van der Waals surface area contributed by atoms with Gasteiger partial charge in [-0.15, -0.1) is 5.10 Å². The van der Waals surface area contributed by atoms with Crippen molar-refractivity contribution in [1.82, 2.24) is 14.8 Å². The molecule has 166 valence electrons. The average molecular weight is 514 g/mol. The van der Waals surface area contributed by atoms with Crippen LogP contribution in [0.15, 0.2) is 69.4 Å². The molecule has 32 heavy (non-hydrogen) atoms. The predicted octanol–water partition coefficient (Wildman–Crippen LogP) is 5.48. The molecule has 1 unspecified atom stereocenters. The fourth-order valence-corrected chi connectivity index (χ4v) is 4.70. The molecule has 1 amide bonds. The highest BCUT2D eigenvalue weighted by Gasteiger charge is 2.34. The Morgan fingerprint density at radius 1 is 1.28 bits per heavy atom. The maximum atomic E-state index is 13.6. The quantitative estimate of drug-likeness (QED) is 0.407. The summed E-state index contributed by atoms with van der Waals surface area (Å²) >= 11 is 5.16. The summed E-state index contributed by atoms with van der Waals surface area (Å²) < 4.78 is 8.13. The predicted molar refractivity (Wildman–Crippen MR) is 131 cm³/mol. The number of rotatable bonds is 7. The molecule has 0 radical (unpaired) electrons. The summed E-state index contributed by atoms with van der Waals surface area (Å²) in [5.74, 6) is 1.92. The Morgan fingerprint density at radius 3 is 2.84 bits per heavy atom. The molecule has 3 aromatic rings. The van der Waals surface area contributed by atoms with E-state index in [1.807, 2.05) is 55.5 Å². The lowest BCUT2D eigenvalue weighted by molar-refractivity contribution is -0.113. The van der Waals surface area contributed by atoms with Gasteiger partial charge in [-0.25, -0.2) is 4.68 Å². The minimum atomic E-state index is -0.429. The van der Waals surface area contributed by atoms with Gasteiger partial charge >= 0.3 is 0 Å². The zero-order chi connectivity index (χ0) is 22.7. The first kappa shape index (κ1) is 22.4. The first-order valence-corrected chi connectivity index (χ1v) is 12.1. The number of para-hydroxylation sites is 2. The number of methoxy groups -OCH3 is 1. The van der Waals surface area contributed by atoms with E-state index < -0.39 is 6.04 Å². The Labute approximate surface area is 199 Å². The van der Waals surface area contributed by atoms with Gasteiger partial charge in [-0.3, -0.25) is 4.79 Å². The molecule has 2 N–H and O–H groups in total. The first-order chi connectivity index (χ1) is 15.5. The second-order valence-electron chi connectivity index (χ2n) is 7.29. The van der Waals surface area contributed by atoms with Gasteiger partial charge in [-0.2, -0.15) is 4.98 Å². The molecular weight excluding hydrogens is 490 g/mol. The van der Waals surface area contributed by atoms with E-state index in [4.69, 9.17) is 9.84 Å². The normalized spacial score (nSPS) is 15.2. The number of carbonyl (C=O) groups is 1. The van der Waals surface area contributed by atoms with Crippen molar-refractivity contribution in [2.45, 2.75) is 31.5 Å². The fourth-order valence-electron chi connectivity index (χ4n) is 3.60. The number of allylic oxidation sites excluding steroid dienone is 1. The number of aromatic nitrogens is 3. The van der Waals surface area contributed by atoms with Gasteiger partial charge in [0.15, 0.2) is 0 Å². The molecule has 0 saturated heterocycles. The summed E-state index contributed by atoms with van der Waals surface area (Å²) in [6, 6.07) is 14.8. The van der Waals surface area contributed by atoms with Crippen LogP contribution in [-0.4, -0.2) is 33.5 Å². The zero-order valence-corrected chi connectivity index (χ0v) is 20.5. The molecule has 0 bridgehead atoms. The number of fused-ring (bicyclic) bond motifs is 1. The molecule has 2 heterocycles. The van der Waals surface area contributed by atoms with Crippen molar-refractivity contribution >= 4 is 45.2 Å². The Hall–Kier alpha value is -2.78. The van der Waals surface area contributed by atoms with Crippen LogP contribution in [0.5, 0.6) is 5.75 Å². The van der Waals surface area contributed by atoms with Crippen LogP contribution in [0.1, 0.15) is 31.9 Å². The van der Waals surface area contributed by atoms with Crippen LogP contribution >= 0.6 is 27.7 Å². The van der Waals surface area contributed by atoms with Gasteiger partial charge in [-0.1, -0.05) is 58.9 Å². The maximum Gasteiger partial charge on any atom is 0.255 e. The number of nitrogens with zero attached hydrogens (tertiary/aromatic N) is 3. The van der Waals surface area contributed by atoms with Crippen molar-refractivity contribution in [1.29, 1.82) is 0 Å². The van der Waals surface area contributed by atoms with Crippen LogP contribution in [0.25, 0.3) is 0 Å². The Bertz CT molecular complexity index is 1180. The number of ether oxygens (including phenoxy) is 1. The van der Waals surface area contributed by atoms with Crippen molar-refractivity contribution in [3.8, 4) is 5.75 Å². The lowest BCUT2D eigenvalue weighted by Crippen LogP contribution is -2.31. The van der Waals surface area contributed by atoms with Gasteiger partial charge in [0.2, 0.25) is 11.1 Å². The highest BCUT2D eigenvalue weighted by Crippen LogP contribution is 2.38. The minimum absolute atomic E-state index is 0.228. The highest BCUT2D eigenvalue weighted by molar-refractivity contribution is 9.10. The Balaban J connectivity index is 1.77. The molecule has 9 heteroatoms. The summed E-state index contributed by atoms with van der Waals surface area (Å²) in [6.07, 6.45) is 1.03. The largest absolute Gasteiger partial charge is 0.495 e. The monoisotopic (exact) mass is 513 g/mol. The zero-order valence-electron chi connectivity index (χ0n) is 18.1. The number of anilines is 2. The fraction of sp³-hybridized carbons (Fsp3) is 0.261. The van der Waals surface area contributed by atoms with Gasteiger partial charge in [0, 0.05) is 15.9 Å². The van der Waals surface area contributed by atoms with Gasteiger partial charge < -0.3 is 15.4 Å². The van der Waals surface area contributed by atoms with Gasteiger partial charge in [0.1, 0.15) is 11.8 Å². The van der Waals surface area contributed by atoms with Crippen LogP contribution in [0.2, 0.25) is 0 Å². The van der Waals surface area contributed by atoms with E-state index in [2.05, 4.69) is 38.5 Å². The van der Waals surface area contributed by atoms with Crippen LogP contribution in [-0.2, 0) is 4.79 Å². The van der Waals surface area contributed by atoms with Crippen molar-refractivity contribution in [3.05, 3.63) is 69.8 Å². The number of nitrogens with one attached hydrogen (secondary N) is 2. The highest BCUT2D eigenvalue weighted by atomic mass is 79.9. The van der Waals surface area contributed by atoms with Gasteiger partial charge in [0.05, 0.1) is 18.4 Å². The molecule has 0 fully saturated rings. The van der Waals surface area contributed by atoms with E-state index in [0.29, 0.717) is 28.1 Å². The Kier molecular flexibility index (Phi) is 6.86. The molecule has 1 aromatic heterocycles. The average Bonchev–Trinajstić information content (AvgIpc) is 3.19. The molecule has 0 saturated carbocycles. The molecule has 0 spiro atoms. The molecule has 7 nitrogen and oxygen atoms in total. The van der Waals surface area contributed by atoms with E-state index in [0.717, 1.165) is 27.9 Å². The third kappa shape index (κ3) is 4.54. The number of hydrogen-bond acceptors (Lipinski definition) is 6. The molecular formula is C23H24BrN5O2S. The van der Waals surface area contributed by atoms with Gasteiger partial charge in [0.25, 0.3) is 5.91 Å². The third-order valence-corrected chi connectivity index (χ3v) is 6.57. The van der Waals surface area contributed by atoms with Crippen molar-refractivity contribution in [3.63, 3.8) is 0 Å². The number of hydrogen-bond donors (Lipinski definition) is 2. The van der Waals surface area contributed by atoms with Crippen LogP contribution in [0.3, 0.4) is 0 Å². The molecule has 2 aromatic carbocycles. The maximum absolute atomic E-state index is 13.6. The number of halogens is 1. The second-order valence-corrected chi connectivity index (χ2v) is 9.26. The summed E-state index contributed by atoms with van der Waals surface area (Å²) in [6.45, 7) is 4.01. The molecule has 1 atom stereocenters. The number of amides is 1. The molecule has 1 aliphatic heterocycles. The molecule has 4 rings (SSSR count). The minimum Gasteiger partial charge on any atom is -0.495 e. The summed E-state index contributed by atoms with van der Waals surface area (Å²) in [5.41, 5.74) is 2.84. The topological polar surface area (TPSA) is 81.1 Å². The Morgan fingerprint density at radius 2 is 2.09 bits per heavy atom. The van der Waals surface area contributed by atoms with E-state index in [1.165, 1.54) is 0 Å². The van der Waals surface area contributed by atoms with Crippen LogP contribution < -0.4 is 15.4 Å². The third-order valence-electron chi connectivity index (χ3n) is 5.03. The summed E-state index contributed by atoms with van der Waals surface area (Å²) in [5, 5.41) is 11.7. The molecule has 0 aliphatic carbocycles. The number of benzene rings is 2. The lowest BCUT2D eigenvalue weighted by atomic mass is 9.95. The number of thioether (sulfide) groups is 1. The first-order valence-electron chi connectivity index (χ1n) is 10.3. The number of carbonyl (C=O) groups excluding carboxylic acids is 1. The van der Waals surface area contributed by atoms with E-state index in [-0.39, 0.29) is 5.91 Å². The van der Waals surface area contributed by atoms with Crippen molar-refractivity contribution in [2.75, 3.05) is 23.5 Å². The van der Waals surface area contributed by atoms with Crippen LogP contribution in [0.4, 0.5) is 11.6 Å². The summed E-state index contributed by atoms with van der Waals surface area (Å²) in [7, 11) is 1.58. The summed E-state index contributed by atoms with van der Waals surface area (Å²) in [4.78, 5) is 18.2. The van der Waals surface area contributed by atoms with E-state index >= 15 is 0 Å². The van der Waals surface area contributed by atoms with Crippen LogP contribution in [0, 0.1) is 0 Å². The smallest absolute Gasteiger partial charge is 0.255 e. The second kappa shape index (κ2) is 9.79.